The lowest BCUT2D eigenvalue weighted by Crippen LogP contribution is -2.29. The van der Waals surface area contributed by atoms with Crippen LogP contribution in [0.1, 0.15) is 30.2 Å². The van der Waals surface area contributed by atoms with Crippen molar-refractivity contribution in [2.75, 3.05) is 7.05 Å². The van der Waals surface area contributed by atoms with E-state index in [0.717, 1.165) is 5.92 Å². The Balaban J connectivity index is 2.07. The summed E-state index contributed by atoms with van der Waals surface area (Å²) in [5.41, 5.74) is 0. The van der Waals surface area contributed by atoms with Crippen LogP contribution in [0.4, 0.5) is 0 Å². The van der Waals surface area contributed by atoms with E-state index in [4.69, 9.17) is 0 Å². The van der Waals surface area contributed by atoms with Crippen LogP contribution in [0, 0.1) is 5.92 Å². The Morgan fingerprint density at radius 3 is 2.92 bits per heavy atom. The zero-order chi connectivity index (χ0) is 8.39. The van der Waals surface area contributed by atoms with E-state index in [2.05, 4.69) is 14.9 Å². The molecule has 1 aliphatic carbocycles. The molecule has 2 rings (SSSR count). The van der Waals surface area contributed by atoms with Crippen LogP contribution < -0.4 is 5.32 Å². The van der Waals surface area contributed by atoms with Crippen molar-refractivity contribution in [2.24, 2.45) is 5.92 Å². The summed E-state index contributed by atoms with van der Waals surface area (Å²) in [5, 5.41) is 7.20. The van der Waals surface area contributed by atoms with Gasteiger partial charge in [0.05, 0.1) is 11.1 Å². The van der Waals surface area contributed by atoms with E-state index in [-0.39, 0.29) is 0 Å². The lowest BCUT2D eigenvalue weighted by molar-refractivity contribution is 0.242. The molecule has 66 valence electrons. The lowest BCUT2D eigenvalue weighted by Gasteiger charge is -2.32. The molecule has 1 N–H and O–H groups in total. The van der Waals surface area contributed by atoms with Gasteiger partial charge in [0, 0.05) is 6.04 Å². The van der Waals surface area contributed by atoms with Gasteiger partial charge in [-0.2, -0.15) is 0 Å². The second-order valence-corrected chi connectivity index (χ2v) is 4.09. The molecule has 1 fully saturated rings. The second kappa shape index (κ2) is 3.49. The monoisotopic (exact) mass is 183 g/mol. The van der Waals surface area contributed by atoms with Gasteiger partial charge in [-0.1, -0.05) is 10.9 Å². The Bertz CT molecular complexity index is 230. The first-order valence-corrected chi connectivity index (χ1v) is 5.13. The molecule has 12 heavy (non-hydrogen) atoms. The molecule has 0 radical (unpaired) electrons. The van der Waals surface area contributed by atoms with Crippen molar-refractivity contribution in [2.45, 2.75) is 25.3 Å². The van der Waals surface area contributed by atoms with E-state index >= 15 is 0 Å². The zero-order valence-corrected chi connectivity index (χ0v) is 7.97. The first kappa shape index (κ1) is 8.13. The number of hydrogen-bond acceptors (Lipinski definition) is 4. The molecule has 1 unspecified atom stereocenters. The molecule has 4 heteroatoms. The molecule has 0 saturated heterocycles. The Hall–Kier alpha value is -0.480. The second-order valence-electron chi connectivity index (χ2n) is 3.28. The maximum Gasteiger partial charge on any atom is 0.0669 e. The molecular weight excluding hydrogens is 170 g/mol. The largest absolute Gasteiger partial charge is 0.312 e. The maximum absolute atomic E-state index is 3.88. The van der Waals surface area contributed by atoms with Crippen LogP contribution in [0.2, 0.25) is 0 Å². The van der Waals surface area contributed by atoms with Gasteiger partial charge < -0.3 is 5.32 Å². The van der Waals surface area contributed by atoms with E-state index in [1.165, 1.54) is 35.7 Å². The van der Waals surface area contributed by atoms with Crippen molar-refractivity contribution < 1.29 is 0 Å². The van der Waals surface area contributed by atoms with E-state index in [0.29, 0.717) is 6.04 Å². The fourth-order valence-electron chi connectivity index (χ4n) is 1.70. The minimum absolute atomic E-state index is 0.499. The molecule has 0 aromatic carbocycles. The number of aromatic nitrogens is 2. The highest BCUT2D eigenvalue weighted by Gasteiger charge is 2.28. The van der Waals surface area contributed by atoms with Gasteiger partial charge in [0.1, 0.15) is 0 Å². The van der Waals surface area contributed by atoms with Crippen molar-refractivity contribution in [1.82, 2.24) is 14.9 Å². The molecule has 1 aliphatic rings. The highest BCUT2D eigenvalue weighted by molar-refractivity contribution is 7.05. The summed E-state index contributed by atoms with van der Waals surface area (Å²) in [6.07, 6.45) is 5.96. The summed E-state index contributed by atoms with van der Waals surface area (Å²) >= 11 is 1.51. The van der Waals surface area contributed by atoms with Gasteiger partial charge in [0.2, 0.25) is 0 Å². The van der Waals surface area contributed by atoms with Gasteiger partial charge in [-0.15, -0.1) is 5.10 Å². The SMILES string of the molecule is CNC(c1cnns1)C1CCC1. The van der Waals surface area contributed by atoms with Crippen molar-refractivity contribution in [3.8, 4) is 0 Å². The number of nitrogens with one attached hydrogen (secondary N) is 1. The maximum atomic E-state index is 3.88. The van der Waals surface area contributed by atoms with Crippen molar-refractivity contribution in [3.63, 3.8) is 0 Å². The van der Waals surface area contributed by atoms with Crippen LogP contribution >= 0.6 is 11.5 Å². The van der Waals surface area contributed by atoms with E-state index < -0.39 is 0 Å². The summed E-state index contributed by atoms with van der Waals surface area (Å²) in [6, 6.07) is 0.499. The smallest absolute Gasteiger partial charge is 0.0669 e. The predicted molar refractivity (Wildman–Crippen MR) is 49.1 cm³/mol. The van der Waals surface area contributed by atoms with Crippen LogP contribution in [0.25, 0.3) is 0 Å². The van der Waals surface area contributed by atoms with Crippen LogP contribution in [-0.4, -0.2) is 16.6 Å². The molecule has 0 bridgehead atoms. The summed E-state index contributed by atoms with van der Waals surface area (Å²) < 4.78 is 3.88. The molecule has 0 spiro atoms. The third-order valence-electron chi connectivity index (χ3n) is 2.62. The minimum atomic E-state index is 0.499. The van der Waals surface area contributed by atoms with Crippen LogP contribution in [-0.2, 0) is 0 Å². The van der Waals surface area contributed by atoms with Crippen LogP contribution in [0.5, 0.6) is 0 Å². The van der Waals surface area contributed by atoms with Crippen molar-refractivity contribution in [3.05, 3.63) is 11.1 Å². The first-order chi connectivity index (χ1) is 5.92. The van der Waals surface area contributed by atoms with Crippen LogP contribution in [0.3, 0.4) is 0 Å². The summed E-state index contributed by atoms with van der Waals surface area (Å²) in [7, 11) is 2.02. The van der Waals surface area contributed by atoms with Crippen molar-refractivity contribution in [1.29, 1.82) is 0 Å². The van der Waals surface area contributed by atoms with Gasteiger partial charge in [0.25, 0.3) is 0 Å². The van der Waals surface area contributed by atoms with E-state index in [9.17, 15) is 0 Å². The average Bonchev–Trinajstić information content (AvgIpc) is 2.47. The highest BCUT2D eigenvalue weighted by Crippen LogP contribution is 2.37. The molecule has 1 heterocycles. The standard InChI is InChI=1S/C8H13N3S/c1-9-8(6-3-2-4-6)7-5-10-11-12-7/h5-6,8-9H,2-4H2,1H3. The van der Waals surface area contributed by atoms with Gasteiger partial charge in [-0.25, -0.2) is 0 Å². The number of hydrogen-bond donors (Lipinski definition) is 1. The zero-order valence-electron chi connectivity index (χ0n) is 7.16. The number of rotatable bonds is 3. The Morgan fingerprint density at radius 1 is 1.67 bits per heavy atom. The molecule has 0 amide bonds. The Kier molecular flexibility index (Phi) is 2.37. The molecule has 1 aromatic heterocycles. The summed E-state index contributed by atoms with van der Waals surface area (Å²) in [5.74, 6) is 0.817. The highest BCUT2D eigenvalue weighted by atomic mass is 32.1. The predicted octanol–water partition coefficient (Wildman–Crippen LogP) is 1.60. The fourth-order valence-corrected chi connectivity index (χ4v) is 2.40. The summed E-state index contributed by atoms with van der Waals surface area (Å²) in [4.78, 5) is 1.28. The average molecular weight is 183 g/mol. The normalized spacial score (nSPS) is 20.4. The van der Waals surface area contributed by atoms with Crippen LogP contribution in [0.15, 0.2) is 6.20 Å². The van der Waals surface area contributed by atoms with E-state index in [1.54, 1.807) is 0 Å². The van der Waals surface area contributed by atoms with Crippen molar-refractivity contribution >= 4 is 11.5 Å². The molecule has 1 atom stereocenters. The molecule has 0 aliphatic heterocycles. The van der Waals surface area contributed by atoms with Gasteiger partial charge >= 0.3 is 0 Å². The lowest BCUT2D eigenvalue weighted by atomic mass is 9.79. The molecule has 1 aromatic rings. The quantitative estimate of drug-likeness (QED) is 0.773. The summed E-state index contributed by atoms with van der Waals surface area (Å²) in [6.45, 7) is 0. The minimum Gasteiger partial charge on any atom is -0.312 e. The third kappa shape index (κ3) is 1.36. The third-order valence-corrected chi connectivity index (χ3v) is 3.36. The van der Waals surface area contributed by atoms with Gasteiger partial charge in [-0.05, 0) is 37.3 Å². The number of nitrogens with zero attached hydrogens (tertiary/aromatic N) is 2. The Labute approximate surface area is 76.4 Å². The van der Waals surface area contributed by atoms with E-state index in [1.807, 2.05) is 13.2 Å². The Morgan fingerprint density at radius 2 is 2.50 bits per heavy atom. The molecule has 3 nitrogen and oxygen atoms in total. The first-order valence-electron chi connectivity index (χ1n) is 4.36. The molecule has 1 saturated carbocycles. The topological polar surface area (TPSA) is 37.8 Å². The van der Waals surface area contributed by atoms with Gasteiger partial charge in [-0.3, -0.25) is 0 Å². The fraction of sp³-hybridized carbons (Fsp3) is 0.750. The molecular formula is C8H13N3S. The van der Waals surface area contributed by atoms with Gasteiger partial charge in [0.15, 0.2) is 0 Å².